The predicted molar refractivity (Wildman–Crippen MR) is 88.7 cm³/mol. The normalized spacial score (nSPS) is 19.0. The van der Waals surface area contributed by atoms with Gasteiger partial charge in [0.25, 0.3) is 11.8 Å². The minimum Gasteiger partial charge on any atom is -0.451 e. The summed E-state index contributed by atoms with van der Waals surface area (Å²) in [4.78, 5) is 48.8. The first-order chi connectivity index (χ1) is 11.9. The number of urea groups is 1. The van der Waals surface area contributed by atoms with Crippen LogP contribution in [0.2, 0.25) is 0 Å². The van der Waals surface area contributed by atoms with Gasteiger partial charge >= 0.3 is 12.0 Å². The molecule has 1 saturated carbocycles. The first-order valence-corrected chi connectivity index (χ1v) is 8.98. The number of carbonyl (C=O) groups is 4. The topological polar surface area (TPSA) is 105 Å². The number of nitrogens with zero attached hydrogens (tertiary/aromatic N) is 1. The Labute approximate surface area is 148 Å². The van der Waals surface area contributed by atoms with Crippen molar-refractivity contribution in [3.63, 3.8) is 0 Å². The maximum absolute atomic E-state index is 12.5. The van der Waals surface area contributed by atoms with Crippen molar-refractivity contribution in [2.24, 2.45) is 0 Å². The van der Waals surface area contributed by atoms with Gasteiger partial charge in [-0.1, -0.05) is 19.3 Å². The first kappa shape index (κ1) is 17.4. The van der Waals surface area contributed by atoms with Gasteiger partial charge in [-0.3, -0.25) is 15.0 Å². The molecule has 0 radical (unpaired) electrons. The van der Waals surface area contributed by atoms with Gasteiger partial charge in [0, 0.05) is 0 Å². The van der Waals surface area contributed by atoms with E-state index in [1.165, 1.54) is 11.3 Å². The summed E-state index contributed by atoms with van der Waals surface area (Å²) in [6, 6.07) is 1.12. The van der Waals surface area contributed by atoms with Crippen molar-refractivity contribution in [1.29, 1.82) is 0 Å². The van der Waals surface area contributed by atoms with Gasteiger partial charge in [-0.15, -0.1) is 11.3 Å². The van der Waals surface area contributed by atoms with Gasteiger partial charge < -0.3 is 10.1 Å². The van der Waals surface area contributed by atoms with Crippen molar-refractivity contribution in [2.75, 3.05) is 6.61 Å². The summed E-state index contributed by atoms with van der Waals surface area (Å²) >= 11 is 1.22. The highest BCUT2D eigenvalue weighted by atomic mass is 32.1. The van der Waals surface area contributed by atoms with Crippen LogP contribution in [0, 0.1) is 6.92 Å². The Hall–Kier alpha value is -2.42. The van der Waals surface area contributed by atoms with Crippen LogP contribution in [0.4, 0.5) is 4.79 Å². The summed E-state index contributed by atoms with van der Waals surface area (Å²) in [5, 5.41) is 5.13. The molecule has 2 fully saturated rings. The average Bonchev–Trinajstić information content (AvgIpc) is 3.11. The molecule has 134 valence electrons. The monoisotopic (exact) mass is 365 g/mol. The van der Waals surface area contributed by atoms with Crippen LogP contribution in [0.15, 0.2) is 11.4 Å². The van der Waals surface area contributed by atoms with Crippen LogP contribution in [-0.4, -0.2) is 41.0 Å². The summed E-state index contributed by atoms with van der Waals surface area (Å²) in [5.74, 6) is -1.80. The Morgan fingerprint density at radius 2 is 2.04 bits per heavy atom. The minimum absolute atomic E-state index is 0.420. The minimum atomic E-state index is -0.909. The molecule has 25 heavy (non-hydrogen) atoms. The summed E-state index contributed by atoms with van der Waals surface area (Å²) in [5.41, 5.74) is 2.08. The largest absolute Gasteiger partial charge is 0.451 e. The molecule has 1 saturated heterocycles. The average molecular weight is 365 g/mol. The third kappa shape index (κ3) is 3.37. The van der Waals surface area contributed by atoms with E-state index in [1.807, 2.05) is 0 Å². The van der Waals surface area contributed by atoms with E-state index in [0.29, 0.717) is 22.7 Å². The Balaban J connectivity index is 1.56. The summed E-state index contributed by atoms with van der Waals surface area (Å²) in [6.45, 7) is 1.20. The van der Waals surface area contributed by atoms with Gasteiger partial charge in [0.1, 0.15) is 10.4 Å². The number of amides is 4. The van der Waals surface area contributed by atoms with E-state index in [9.17, 15) is 19.2 Å². The lowest BCUT2D eigenvalue weighted by Gasteiger charge is -2.30. The number of imide groups is 1. The molecule has 0 bridgehead atoms. The molecule has 1 aromatic rings. The molecule has 1 spiro atoms. The van der Waals surface area contributed by atoms with Crippen LogP contribution in [0.5, 0.6) is 0 Å². The smallest absolute Gasteiger partial charge is 0.349 e. The fraction of sp³-hybridized carbons (Fsp3) is 0.500. The second-order valence-corrected chi connectivity index (χ2v) is 7.17. The van der Waals surface area contributed by atoms with E-state index in [2.05, 4.69) is 10.7 Å². The van der Waals surface area contributed by atoms with Crippen LogP contribution < -0.4 is 10.7 Å². The second-order valence-electron chi connectivity index (χ2n) is 6.26. The fourth-order valence-corrected chi connectivity index (χ4v) is 3.97. The maximum atomic E-state index is 12.5. The molecule has 1 aliphatic heterocycles. The number of hydrazine groups is 1. The van der Waals surface area contributed by atoms with E-state index in [4.69, 9.17) is 4.74 Å². The quantitative estimate of drug-likeness (QED) is 0.621. The van der Waals surface area contributed by atoms with Crippen LogP contribution in [0.1, 0.15) is 47.3 Å². The zero-order valence-corrected chi connectivity index (χ0v) is 14.6. The molecule has 2 aliphatic rings. The molecule has 1 aliphatic carbocycles. The van der Waals surface area contributed by atoms with Gasteiger partial charge in [0.15, 0.2) is 6.61 Å². The van der Waals surface area contributed by atoms with Gasteiger partial charge in [0.05, 0.1) is 0 Å². The Bertz CT molecular complexity index is 723. The second kappa shape index (κ2) is 6.83. The lowest BCUT2D eigenvalue weighted by molar-refractivity contribution is -0.140. The third-order valence-corrected chi connectivity index (χ3v) is 5.48. The zero-order chi connectivity index (χ0) is 18.0. The first-order valence-electron chi connectivity index (χ1n) is 8.10. The third-order valence-electron chi connectivity index (χ3n) is 4.49. The summed E-state index contributed by atoms with van der Waals surface area (Å²) in [7, 11) is 0. The summed E-state index contributed by atoms with van der Waals surface area (Å²) in [6.07, 6.45) is 3.86. The van der Waals surface area contributed by atoms with Crippen molar-refractivity contribution < 1.29 is 23.9 Å². The fourth-order valence-electron chi connectivity index (χ4n) is 3.15. The van der Waals surface area contributed by atoms with Crippen LogP contribution >= 0.6 is 11.3 Å². The van der Waals surface area contributed by atoms with E-state index in [1.54, 1.807) is 18.4 Å². The van der Waals surface area contributed by atoms with E-state index in [0.717, 1.165) is 24.8 Å². The van der Waals surface area contributed by atoms with Crippen LogP contribution in [-0.2, 0) is 14.3 Å². The molecule has 1 aromatic heterocycles. The highest BCUT2D eigenvalue weighted by molar-refractivity contribution is 7.12. The van der Waals surface area contributed by atoms with Gasteiger partial charge in [-0.25, -0.2) is 9.59 Å². The summed E-state index contributed by atoms with van der Waals surface area (Å²) < 4.78 is 4.94. The highest BCUT2D eigenvalue weighted by Gasteiger charge is 2.52. The SMILES string of the molecule is Cc1ccsc1C(=O)OCC(=O)NN1C(=O)NC2(CCCCC2)C1=O. The van der Waals surface area contributed by atoms with Crippen molar-refractivity contribution >= 4 is 35.2 Å². The molecule has 2 heterocycles. The lowest BCUT2D eigenvalue weighted by atomic mass is 9.82. The van der Waals surface area contributed by atoms with Crippen LogP contribution in [0.3, 0.4) is 0 Å². The molecule has 8 nitrogen and oxygen atoms in total. The molecular formula is C16H19N3O5S. The number of nitrogens with one attached hydrogen (secondary N) is 2. The molecule has 4 amide bonds. The Kier molecular flexibility index (Phi) is 4.76. The number of rotatable bonds is 4. The molecule has 3 rings (SSSR count). The van der Waals surface area contributed by atoms with Crippen molar-refractivity contribution in [3.05, 3.63) is 21.9 Å². The van der Waals surface area contributed by atoms with Gasteiger partial charge in [-0.05, 0) is 36.8 Å². The number of hydrogen-bond acceptors (Lipinski definition) is 6. The molecule has 0 aromatic carbocycles. The number of aryl methyl sites for hydroxylation is 1. The highest BCUT2D eigenvalue weighted by Crippen LogP contribution is 2.32. The Morgan fingerprint density at radius 3 is 2.68 bits per heavy atom. The number of ether oxygens (including phenoxy) is 1. The molecular weight excluding hydrogens is 346 g/mol. The molecule has 9 heteroatoms. The predicted octanol–water partition coefficient (Wildman–Crippen LogP) is 1.50. The van der Waals surface area contributed by atoms with E-state index < -0.39 is 36.0 Å². The van der Waals surface area contributed by atoms with Crippen molar-refractivity contribution in [3.8, 4) is 0 Å². The number of thiophene rings is 1. The van der Waals surface area contributed by atoms with Gasteiger partial charge in [-0.2, -0.15) is 5.01 Å². The van der Waals surface area contributed by atoms with E-state index >= 15 is 0 Å². The van der Waals surface area contributed by atoms with Crippen molar-refractivity contribution in [2.45, 2.75) is 44.6 Å². The number of esters is 1. The molecule has 0 atom stereocenters. The lowest BCUT2D eigenvalue weighted by Crippen LogP contribution is -2.51. The number of carbonyl (C=O) groups excluding carboxylic acids is 4. The molecule has 2 N–H and O–H groups in total. The van der Waals surface area contributed by atoms with Crippen LogP contribution in [0.25, 0.3) is 0 Å². The van der Waals surface area contributed by atoms with Crippen molar-refractivity contribution in [1.82, 2.24) is 15.8 Å². The van der Waals surface area contributed by atoms with Gasteiger partial charge in [0.2, 0.25) is 0 Å². The maximum Gasteiger partial charge on any atom is 0.349 e. The van der Waals surface area contributed by atoms with E-state index in [-0.39, 0.29) is 0 Å². The molecule has 0 unspecified atom stereocenters. The Morgan fingerprint density at radius 1 is 1.32 bits per heavy atom. The zero-order valence-electron chi connectivity index (χ0n) is 13.8. The standard InChI is InChI=1S/C16H19N3O5S/c1-10-5-8-25-12(10)13(21)24-9-11(20)18-19-14(22)16(17-15(19)23)6-3-2-4-7-16/h5,8H,2-4,6-7,9H2,1H3,(H,17,23)(H,18,20). The number of hydrogen-bond donors (Lipinski definition) is 2.